The summed E-state index contributed by atoms with van der Waals surface area (Å²) in [7, 11) is 0. The van der Waals surface area contributed by atoms with Crippen molar-refractivity contribution in [1.82, 2.24) is 4.57 Å². The Morgan fingerprint density at radius 2 is 2.06 bits per heavy atom. The molecule has 0 amide bonds. The van der Waals surface area contributed by atoms with Crippen LogP contribution in [0, 0.1) is 13.8 Å². The first kappa shape index (κ1) is 11.7. The van der Waals surface area contributed by atoms with Crippen molar-refractivity contribution in [2.45, 2.75) is 33.7 Å². The first-order chi connectivity index (χ1) is 8.02. The fourth-order valence-electron chi connectivity index (χ4n) is 2.47. The van der Waals surface area contributed by atoms with Crippen molar-refractivity contribution < 1.29 is 9.90 Å². The second-order valence-electron chi connectivity index (χ2n) is 4.49. The number of hydrogen-bond acceptors (Lipinski definition) is 1. The molecule has 0 atom stereocenters. The molecule has 0 aliphatic rings. The van der Waals surface area contributed by atoms with E-state index >= 15 is 0 Å². The minimum absolute atomic E-state index is 0.0907. The molecule has 3 heteroatoms. The summed E-state index contributed by atoms with van der Waals surface area (Å²) in [6, 6.07) is 4.23. The average molecular weight is 231 g/mol. The van der Waals surface area contributed by atoms with Crippen molar-refractivity contribution in [2.75, 3.05) is 0 Å². The largest absolute Gasteiger partial charge is 0.481 e. The molecule has 1 N–H and O–H groups in total. The molecule has 0 radical (unpaired) electrons. The van der Waals surface area contributed by atoms with Crippen LogP contribution in [0.3, 0.4) is 0 Å². The van der Waals surface area contributed by atoms with Crippen LogP contribution in [0.2, 0.25) is 0 Å². The Hall–Kier alpha value is -1.77. The predicted octanol–water partition coefficient (Wildman–Crippen LogP) is 2.91. The minimum atomic E-state index is -0.778. The van der Waals surface area contributed by atoms with Crippen LogP contribution in [0.25, 0.3) is 10.9 Å². The van der Waals surface area contributed by atoms with E-state index in [0.717, 1.165) is 28.6 Å². The minimum Gasteiger partial charge on any atom is -0.481 e. The first-order valence-electron chi connectivity index (χ1n) is 5.83. The summed E-state index contributed by atoms with van der Waals surface area (Å²) in [6.07, 6.45) is 2.05. The van der Waals surface area contributed by atoms with E-state index in [-0.39, 0.29) is 6.42 Å². The highest BCUT2D eigenvalue weighted by molar-refractivity contribution is 5.90. The second kappa shape index (κ2) is 4.24. The Labute approximate surface area is 101 Å². The van der Waals surface area contributed by atoms with Crippen molar-refractivity contribution >= 4 is 16.9 Å². The third-order valence-electron chi connectivity index (χ3n) is 3.08. The van der Waals surface area contributed by atoms with Gasteiger partial charge in [-0.3, -0.25) is 4.79 Å². The molecule has 2 rings (SSSR count). The Bertz CT molecular complexity index is 581. The molecule has 0 aliphatic carbocycles. The fraction of sp³-hybridized carbons (Fsp3) is 0.357. The third kappa shape index (κ3) is 2.05. The van der Waals surface area contributed by atoms with E-state index in [4.69, 9.17) is 5.11 Å². The van der Waals surface area contributed by atoms with Crippen LogP contribution in [0.5, 0.6) is 0 Å². The molecule has 2 aromatic rings. The van der Waals surface area contributed by atoms with Crippen molar-refractivity contribution in [1.29, 1.82) is 0 Å². The lowest BCUT2D eigenvalue weighted by Gasteiger charge is -2.04. The summed E-state index contributed by atoms with van der Waals surface area (Å²) in [6.45, 7) is 7.04. The van der Waals surface area contributed by atoms with E-state index in [0.29, 0.717) is 0 Å². The quantitative estimate of drug-likeness (QED) is 0.882. The summed E-state index contributed by atoms with van der Waals surface area (Å²) in [5.41, 5.74) is 4.42. The summed E-state index contributed by atoms with van der Waals surface area (Å²) in [5.74, 6) is -0.778. The Morgan fingerprint density at radius 3 is 2.65 bits per heavy atom. The average Bonchev–Trinajstić information content (AvgIpc) is 2.55. The smallest absolute Gasteiger partial charge is 0.307 e. The predicted molar refractivity (Wildman–Crippen MR) is 68.4 cm³/mol. The molecule has 0 saturated carbocycles. The lowest BCUT2D eigenvalue weighted by Crippen LogP contribution is -1.99. The van der Waals surface area contributed by atoms with Crippen LogP contribution in [-0.2, 0) is 17.8 Å². The number of fused-ring (bicyclic) bond motifs is 1. The van der Waals surface area contributed by atoms with Gasteiger partial charge in [0.05, 0.1) is 6.42 Å². The summed E-state index contributed by atoms with van der Waals surface area (Å²) in [5, 5.41) is 10.0. The van der Waals surface area contributed by atoms with Gasteiger partial charge in [-0.1, -0.05) is 6.07 Å². The van der Waals surface area contributed by atoms with Gasteiger partial charge >= 0.3 is 5.97 Å². The zero-order valence-corrected chi connectivity index (χ0v) is 10.4. The number of benzene rings is 1. The van der Waals surface area contributed by atoms with Gasteiger partial charge in [-0.2, -0.15) is 0 Å². The lowest BCUT2D eigenvalue weighted by atomic mass is 10.0. The number of nitrogens with zero attached hydrogens (tertiary/aromatic N) is 1. The fourth-order valence-corrected chi connectivity index (χ4v) is 2.47. The number of aryl methyl sites for hydroxylation is 3. The molecule has 90 valence electrons. The number of carboxylic acid groups (broad SMARTS) is 1. The normalized spacial score (nSPS) is 11.0. The molecule has 0 aliphatic heterocycles. The van der Waals surface area contributed by atoms with E-state index in [1.54, 1.807) is 0 Å². The molecule has 0 fully saturated rings. The highest BCUT2D eigenvalue weighted by Crippen LogP contribution is 2.27. The van der Waals surface area contributed by atoms with Gasteiger partial charge in [-0.15, -0.1) is 0 Å². The monoisotopic (exact) mass is 231 g/mol. The molecule has 17 heavy (non-hydrogen) atoms. The number of carbonyl (C=O) groups is 1. The molecule has 0 unspecified atom stereocenters. The maximum atomic E-state index is 10.9. The lowest BCUT2D eigenvalue weighted by molar-refractivity contribution is -0.136. The van der Waals surface area contributed by atoms with Gasteiger partial charge in [0.1, 0.15) is 0 Å². The topological polar surface area (TPSA) is 42.2 Å². The Kier molecular flexibility index (Phi) is 2.92. The molecule has 3 nitrogen and oxygen atoms in total. The molecule has 0 bridgehead atoms. The zero-order chi connectivity index (χ0) is 12.6. The maximum absolute atomic E-state index is 10.9. The summed E-state index contributed by atoms with van der Waals surface area (Å²) < 4.78 is 2.12. The molecule has 0 spiro atoms. The van der Waals surface area contributed by atoms with E-state index in [9.17, 15) is 4.79 Å². The van der Waals surface area contributed by atoms with Crippen LogP contribution in [0.1, 0.15) is 23.6 Å². The van der Waals surface area contributed by atoms with Crippen molar-refractivity contribution in [3.05, 3.63) is 35.0 Å². The van der Waals surface area contributed by atoms with Crippen LogP contribution in [0.4, 0.5) is 0 Å². The first-order valence-corrected chi connectivity index (χ1v) is 5.83. The molecular weight excluding hydrogens is 214 g/mol. The van der Waals surface area contributed by atoms with Gasteiger partial charge in [0, 0.05) is 23.6 Å². The van der Waals surface area contributed by atoms with E-state index in [1.165, 1.54) is 5.56 Å². The Morgan fingerprint density at radius 1 is 1.35 bits per heavy atom. The van der Waals surface area contributed by atoms with Crippen LogP contribution < -0.4 is 0 Å². The molecule has 1 aromatic carbocycles. The zero-order valence-electron chi connectivity index (χ0n) is 10.4. The number of aromatic nitrogens is 1. The number of carboxylic acids is 1. The van der Waals surface area contributed by atoms with Crippen LogP contribution >= 0.6 is 0 Å². The highest BCUT2D eigenvalue weighted by atomic mass is 16.4. The van der Waals surface area contributed by atoms with Crippen molar-refractivity contribution in [3.63, 3.8) is 0 Å². The van der Waals surface area contributed by atoms with Gasteiger partial charge in [-0.05, 0) is 43.5 Å². The van der Waals surface area contributed by atoms with Crippen molar-refractivity contribution in [3.8, 4) is 0 Å². The SMILES string of the molecule is CCn1cc(CC(=O)O)c2c(C)cc(C)cc21. The molecule has 0 saturated heterocycles. The van der Waals surface area contributed by atoms with E-state index in [1.807, 2.05) is 13.1 Å². The van der Waals surface area contributed by atoms with Gasteiger partial charge in [0.15, 0.2) is 0 Å². The standard InChI is InChI=1S/C14H17NO2/c1-4-15-8-11(7-13(16)17)14-10(3)5-9(2)6-12(14)15/h5-6,8H,4,7H2,1-3H3,(H,16,17). The number of rotatable bonds is 3. The van der Waals surface area contributed by atoms with Gasteiger partial charge < -0.3 is 9.67 Å². The third-order valence-corrected chi connectivity index (χ3v) is 3.08. The summed E-state index contributed by atoms with van der Waals surface area (Å²) in [4.78, 5) is 10.9. The van der Waals surface area contributed by atoms with Gasteiger partial charge in [-0.25, -0.2) is 0 Å². The number of hydrogen-bond donors (Lipinski definition) is 1. The van der Waals surface area contributed by atoms with Crippen LogP contribution in [-0.4, -0.2) is 15.6 Å². The Balaban J connectivity index is 2.73. The maximum Gasteiger partial charge on any atom is 0.307 e. The molecule has 1 heterocycles. The van der Waals surface area contributed by atoms with E-state index in [2.05, 4.69) is 30.5 Å². The van der Waals surface area contributed by atoms with Crippen molar-refractivity contribution in [2.24, 2.45) is 0 Å². The number of aliphatic carboxylic acids is 1. The van der Waals surface area contributed by atoms with Gasteiger partial charge in [0.25, 0.3) is 0 Å². The van der Waals surface area contributed by atoms with Gasteiger partial charge in [0.2, 0.25) is 0 Å². The van der Waals surface area contributed by atoms with Crippen LogP contribution in [0.15, 0.2) is 18.3 Å². The second-order valence-corrected chi connectivity index (χ2v) is 4.49. The summed E-state index contributed by atoms with van der Waals surface area (Å²) >= 11 is 0. The van der Waals surface area contributed by atoms with E-state index < -0.39 is 5.97 Å². The highest BCUT2D eigenvalue weighted by Gasteiger charge is 2.13. The molecule has 1 aromatic heterocycles. The molecular formula is C14H17NO2.